The Bertz CT molecular complexity index is 1000. The third-order valence-corrected chi connectivity index (χ3v) is 3.90. The molecule has 0 fully saturated rings. The number of nitrogen functional groups attached to an aromatic ring is 1. The minimum atomic E-state index is -4.87. The van der Waals surface area contributed by atoms with Crippen molar-refractivity contribution in [1.29, 1.82) is 0 Å². The number of halogens is 4. The second kappa shape index (κ2) is 7.67. The lowest BCUT2D eigenvalue weighted by molar-refractivity contribution is -0.274. The Labute approximate surface area is 157 Å². The van der Waals surface area contributed by atoms with Gasteiger partial charge in [0.05, 0.1) is 11.4 Å². The molecule has 0 spiro atoms. The number of rotatable bonds is 5. The number of carbonyl (C=O) groups is 1. The molecular weight excluding hydrogens is 376 g/mol. The Morgan fingerprint density at radius 3 is 2.43 bits per heavy atom. The smallest absolute Gasteiger partial charge is 0.404 e. The number of ether oxygens (including phenoxy) is 1. The van der Waals surface area contributed by atoms with Crippen LogP contribution in [0.1, 0.15) is 15.9 Å². The summed E-state index contributed by atoms with van der Waals surface area (Å²) in [6.07, 6.45) is -3.46. The molecule has 28 heavy (non-hydrogen) atoms. The van der Waals surface area contributed by atoms with Crippen LogP contribution >= 0.6 is 0 Å². The van der Waals surface area contributed by atoms with E-state index in [1.807, 2.05) is 0 Å². The van der Waals surface area contributed by atoms with Crippen LogP contribution in [0.4, 0.5) is 23.2 Å². The largest absolute Gasteiger partial charge is 0.573 e. The molecule has 0 radical (unpaired) electrons. The molecular formula is C20H14F4N2O2. The van der Waals surface area contributed by atoms with Gasteiger partial charge in [0.25, 0.3) is 0 Å². The van der Waals surface area contributed by atoms with Gasteiger partial charge in [-0.1, -0.05) is 18.2 Å². The second-order valence-electron chi connectivity index (χ2n) is 5.93. The summed E-state index contributed by atoms with van der Waals surface area (Å²) in [5, 5.41) is 0. The van der Waals surface area contributed by atoms with Gasteiger partial charge in [0.2, 0.25) is 0 Å². The first-order valence-corrected chi connectivity index (χ1v) is 8.11. The molecule has 3 aromatic rings. The van der Waals surface area contributed by atoms with Crippen molar-refractivity contribution in [2.75, 3.05) is 5.73 Å². The maximum Gasteiger partial charge on any atom is 0.573 e. The predicted molar refractivity (Wildman–Crippen MR) is 95.2 cm³/mol. The number of anilines is 1. The standard InChI is InChI=1S/C20H14F4N2O2/c21-15-4-2-1-3-14(15)17-7-5-12(11-26-17)9-18(27)13-6-8-19(16(25)10-13)28-20(22,23)24/h1-8,10-11H,9,25H2. The Balaban J connectivity index is 1.73. The minimum Gasteiger partial charge on any atom is -0.404 e. The van der Waals surface area contributed by atoms with Crippen molar-refractivity contribution in [3.05, 3.63) is 77.7 Å². The van der Waals surface area contributed by atoms with E-state index in [0.29, 0.717) is 16.8 Å². The van der Waals surface area contributed by atoms with E-state index in [-0.39, 0.29) is 23.5 Å². The van der Waals surface area contributed by atoms with E-state index in [4.69, 9.17) is 5.73 Å². The molecule has 3 rings (SSSR count). The zero-order valence-corrected chi connectivity index (χ0v) is 14.3. The molecule has 0 atom stereocenters. The van der Waals surface area contributed by atoms with Crippen molar-refractivity contribution in [2.45, 2.75) is 12.8 Å². The summed E-state index contributed by atoms with van der Waals surface area (Å²) in [6.45, 7) is 0. The van der Waals surface area contributed by atoms with Crippen molar-refractivity contribution in [3.63, 3.8) is 0 Å². The van der Waals surface area contributed by atoms with Crippen LogP contribution in [0.2, 0.25) is 0 Å². The molecule has 1 aromatic heterocycles. The number of aromatic nitrogens is 1. The second-order valence-corrected chi connectivity index (χ2v) is 5.93. The number of nitrogens with zero attached hydrogens (tertiary/aromatic N) is 1. The molecule has 0 saturated heterocycles. The number of alkyl halides is 3. The number of carbonyl (C=O) groups excluding carboxylic acids is 1. The highest BCUT2D eigenvalue weighted by Crippen LogP contribution is 2.29. The summed E-state index contributed by atoms with van der Waals surface area (Å²) in [5.74, 6) is -1.33. The summed E-state index contributed by atoms with van der Waals surface area (Å²) in [5.41, 5.74) is 6.71. The highest BCUT2D eigenvalue weighted by Gasteiger charge is 2.32. The Morgan fingerprint density at radius 2 is 1.82 bits per heavy atom. The quantitative estimate of drug-likeness (QED) is 0.386. The predicted octanol–water partition coefficient (Wildman–Crippen LogP) is 4.79. The molecule has 4 nitrogen and oxygen atoms in total. The van der Waals surface area contributed by atoms with Crippen molar-refractivity contribution >= 4 is 11.5 Å². The number of benzene rings is 2. The van der Waals surface area contributed by atoms with Crippen LogP contribution in [0, 0.1) is 5.82 Å². The summed E-state index contributed by atoms with van der Waals surface area (Å²) in [4.78, 5) is 16.5. The fourth-order valence-electron chi connectivity index (χ4n) is 2.58. The number of pyridine rings is 1. The normalized spacial score (nSPS) is 11.3. The zero-order valence-electron chi connectivity index (χ0n) is 14.3. The van der Waals surface area contributed by atoms with Crippen LogP contribution in [0.5, 0.6) is 5.75 Å². The maximum atomic E-state index is 13.8. The Morgan fingerprint density at radius 1 is 1.07 bits per heavy atom. The maximum absolute atomic E-state index is 13.8. The van der Waals surface area contributed by atoms with Crippen LogP contribution < -0.4 is 10.5 Å². The van der Waals surface area contributed by atoms with Gasteiger partial charge in [0.1, 0.15) is 5.82 Å². The highest BCUT2D eigenvalue weighted by atomic mass is 19.4. The molecule has 144 valence electrons. The first-order chi connectivity index (χ1) is 13.2. The van der Waals surface area contributed by atoms with E-state index >= 15 is 0 Å². The van der Waals surface area contributed by atoms with Gasteiger partial charge in [-0.05, 0) is 42.0 Å². The van der Waals surface area contributed by atoms with E-state index in [1.54, 1.807) is 30.3 Å². The molecule has 1 heterocycles. The average Bonchev–Trinajstić information content (AvgIpc) is 2.63. The molecule has 2 aromatic carbocycles. The highest BCUT2D eigenvalue weighted by molar-refractivity contribution is 5.98. The van der Waals surface area contributed by atoms with Gasteiger partial charge in [-0.3, -0.25) is 9.78 Å². The van der Waals surface area contributed by atoms with Gasteiger partial charge in [0, 0.05) is 23.7 Å². The van der Waals surface area contributed by atoms with Gasteiger partial charge in [-0.2, -0.15) is 0 Å². The van der Waals surface area contributed by atoms with E-state index in [9.17, 15) is 22.4 Å². The van der Waals surface area contributed by atoms with Gasteiger partial charge in [-0.25, -0.2) is 4.39 Å². The summed E-state index contributed by atoms with van der Waals surface area (Å²) in [6, 6.07) is 12.7. The molecule has 0 saturated carbocycles. The van der Waals surface area contributed by atoms with Crippen LogP contribution in [-0.2, 0) is 6.42 Å². The molecule has 0 bridgehead atoms. The molecule has 0 amide bonds. The number of Topliss-reactive ketones (excluding diaryl/α,β-unsaturated/α-hetero) is 1. The van der Waals surface area contributed by atoms with Crippen molar-refractivity contribution in [1.82, 2.24) is 4.98 Å². The van der Waals surface area contributed by atoms with Crippen molar-refractivity contribution < 1.29 is 27.1 Å². The number of hydrogen-bond donors (Lipinski definition) is 1. The van der Waals surface area contributed by atoms with Gasteiger partial charge >= 0.3 is 6.36 Å². The van der Waals surface area contributed by atoms with Gasteiger partial charge in [-0.15, -0.1) is 13.2 Å². The van der Waals surface area contributed by atoms with Gasteiger partial charge < -0.3 is 10.5 Å². The fourth-order valence-corrected chi connectivity index (χ4v) is 2.58. The van der Waals surface area contributed by atoms with E-state index in [0.717, 1.165) is 12.1 Å². The summed E-state index contributed by atoms with van der Waals surface area (Å²) in [7, 11) is 0. The van der Waals surface area contributed by atoms with Crippen LogP contribution in [0.3, 0.4) is 0 Å². The molecule has 0 aliphatic carbocycles. The molecule has 0 unspecified atom stereocenters. The average molecular weight is 390 g/mol. The lowest BCUT2D eigenvalue weighted by Gasteiger charge is -2.12. The minimum absolute atomic E-state index is 0.0382. The van der Waals surface area contributed by atoms with Crippen LogP contribution in [-0.4, -0.2) is 17.1 Å². The first-order valence-electron chi connectivity index (χ1n) is 8.11. The van der Waals surface area contributed by atoms with Crippen molar-refractivity contribution in [3.8, 4) is 17.0 Å². The Kier molecular flexibility index (Phi) is 5.30. The topological polar surface area (TPSA) is 65.2 Å². The van der Waals surface area contributed by atoms with E-state index in [2.05, 4.69) is 9.72 Å². The lowest BCUT2D eigenvalue weighted by atomic mass is 10.0. The van der Waals surface area contributed by atoms with Crippen LogP contribution in [0.25, 0.3) is 11.3 Å². The number of hydrogen-bond acceptors (Lipinski definition) is 4. The number of ketones is 1. The molecule has 0 aliphatic rings. The molecule has 2 N–H and O–H groups in total. The van der Waals surface area contributed by atoms with E-state index in [1.165, 1.54) is 18.3 Å². The number of nitrogens with two attached hydrogens (primary N) is 1. The lowest BCUT2D eigenvalue weighted by Crippen LogP contribution is -2.18. The van der Waals surface area contributed by atoms with Crippen LogP contribution in [0.15, 0.2) is 60.8 Å². The van der Waals surface area contributed by atoms with Gasteiger partial charge in [0.15, 0.2) is 11.5 Å². The first kappa shape index (κ1) is 19.3. The fraction of sp³-hybridized carbons (Fsp3) is 0.100. The SMILES string of the molecule is Nc1cc(C(=O)Cc2ccc(-c3ccccc3F)nc2)ccc1OC(F)(F)F. The summed E-state index contributed by atoms with van der Waals surface area (Å²) >= 11 is 0. The van der Waals surface area contributed by atoms with Crippen molar-refractivity contribution in [2.24, 2.45) is 0 Å². The third kappa shape index (κ3) is 4.64. The Hall–Kier alpha value is -3.42. The molecule has 0 aliphatic heterocycles. The third-order valence-electron chi connectivity index (χ3n) is 3.90. The molecule has 8 heteroatoms. The zero-order chi connectivity index (χ0) is 20.3. The van der Waals surface area contributed by atoms with E-state index < -0.39 is 17.9 Å². The summed E-state index contributed by atoms with van der Waals surface area (Å²) < 4.78 is 54.4. The monoisotopic (exact) mass is 390 g/mol.